The summed E-state index contributed by atoms with van der Waals surface area (Å²) in [4.78, 5) is 8.50. The second-order valence-corrected chi connectivity index (χ2v) is 5.42. The Bertz CT molecular complexity index is 756. The van der Waals surface area contributed by atoms with E-state index in [9.17, 15) is 0 Å². The number of aromatic nitrogens is 3. The molecule has 1 N–H and O–H groups in total. The largest absolute Gasteiger partial charge is 0.496 e. The lowest BCUT2D eigenvalue weighted by Gasteiger charge is -2.09. The van der Waals surface area contributed by atoms with Crippen LogP contribution in [0.1, 0.15) is 11.3 Å². The lowest BCUT2D eigenvalue weighted by molar-refractivity contribution is 0.407. The highest BCUT2D eigenvalue weighted by Crippen LogP contribution is 2.17. The molecule has 0 aliphatic carbocycles. The molecule has 0 fully saturated rings. The highest BCUT2D eigenvalue weighted by molar-refractivity contribution is 9.10. The van der Waals surface area contributed by atoms with Gasteiger partial charge in [0, 0.05) is 24.8 Å². The van der Waals surface area contributed by atoms with Crippen molar-refractivity contribution in [1.82, 2.24) is 19.7 Å². The van der Waals surface area contributed by atoms with Gasteiger partial charge >= 0.3 is 0 Å². The van der Waals surface area contributed by atoms with Crippen LogP contribution in [0.2, 0.25) is 0 Å². The van der Waals surface area contributed by atoms with Gasteiger partial charge in [-0.2, -0.15) is 0 Å². The minimum Gasteiger partial charge on any atom is -0.496 e. The number of hydrogen-bond donors (Lipinski definition) is 1. The number of ether oxygens (including phenoxy) is 1. The molecule has 3 aromatic rings. The first-order valence-electron chi connectivity index (χ1n) is 6.58. The van der Waals surface area contributed by atoms with Crippen LogP contribution >= 0.6 is 15.9 Å². The summed E-state index contributed by atoms with van der Waals surface area (Å²) >= 11 is 3.38. The number of rotatable bonds is 5. The predicted molar refractivity (Wildman–Crippen MR) is 84.2 cm³/mol. The van der Waals surface area contributed by atoms with Crippen molar-refractivity contribution in [2.24, 2.45) is 0 Å². The van der Waals surface area contributed by atoms with E-state index in [0.29, 0.717) is 0 Å². The third-order valence-electron chi connectivity index (χ3n) is 3.26. The fourth-order valence-corrected chi connectivity index (χ4v) is 2.53. The number of methoxy groups -OCH3 is 1. The van der Waals surface area contributed by atoms with Crippen LogP contribution in [0.3, 0.4) is 0 Å². The summed E-state index contributed by atoms with van der Waals surface area (Å²) in [6.07, 6.45) is 5.52. The lowest BCUT2D eigenvalue weighted by atomic mass is 10.2. The molecular weight excluding hydrogens is 332 g/mol. The second kappa shape index (κ2) is 6.24. The van der Waals surface area contributed by atoms with E-state index in [0.717, 1.165) is 40.3 Å². The van der Waals surface area contributed by atoms with Gasteiger partial charge < -0.3 is 10.1 Å². The van der Waals surface area contributed by atoms with Crippen molar-refractivity contribution in [3.8, 4) is 5.75 Å². The molecular formula is C15H15BrN4O. The smallest absolute Gasteiger partial charge is 0.155 e. The van der Waals surface area contributed by atoms with Gasteiger partial charge in [-0.05, 0) is 22.0 Å². The van der Waals surface area contributed by atoms with Gasteiger partial charge in [-0.3, -0.25) is 4.40 Å². The zero-order valence-electron chi connectivity index (χ0n) is 11.6. The minimum absolute atomic E-state index is 0.718. The third-order valence-corrected chi connectivity index (χ3v) is 3.66. The molecule has 0 radical (unpaired) electrons. The maximum atomic E-state index is 5.35. The molecule has 0 aliphatic heterocycles. The molecule has 2 heterocycles. The van der Waals surface area contributed by atoms with Crippen LogP contribution in [0.5, 0.6) is 5.75 Å². The zero-order chi connectivity index (χ0) is 14.7. The Balaban J connectivity index is 1.71. The van der Waals surface area contributed by atoms with Crippen molar-refractivity contribution in [1.29, 1.82) is 0 Å². The van der Waals surface area contributed by atoms with E-state index < -0.39 is 0 Å². The SMILES string of the molecule is COc1ccccc1CNCc1cnc2cnc(Br)cn12. The zero-order valence-corrected chi connectivity index (χ0v) is 13.2. The van der Waals surface area contributed by atoms with E-state index in [1.54, 1.807) is 13.3 Å². The van der Waals surface area contributed by atoms with Crippen LogP contribution in [0, 0.1) is 0 Å². The van der Waals surface area contributed by atoms with Crippen LogP contribution in [-0.4, -0.2) is 21.5 Å². The molecule has 108 valence electrons. The molecule has 0 amide bonds. The molecule has 0 atom stereocenters. The fraction of sp³-hybridized carbons (Fsp3) is 0.200. The monoisotopic (exact) mass is 346 g/mol. The quantitative estimate of drug-likeness (QED) is 0.771. The van der Waals surface area contributed by atoms with E-state index in [1.165, 1.54) is 0 Å². The number of hydrogen-bond acceptors (Lipinski definition) is 4. The summed E-state index contributed by atoms with van der Waals surface area (Å²) < 4.78 is 8.16. The van der Waals surface area contributed by atoms with E-state index in [-0.39, 0.29) is 0 Å². The van der Waals surface area contributed by atoms with Gasteiger partial charge in [0.1, 0.15) is 10.4 Å². The molecule has 0 spiro atoms. The standard InChI is InChI=1S/C15H15BrN4O/c1-21-13-5-3-2-4-11(13)6-17-7-12-8-19-15-9-18-14(16)10-20(12)15/h2-5,8-10,17H,6-7H2,1H3. The number of fused-ring (bicyclic) bond motifs is 1. The van der Waals surface area contributed by atoms with E-state index in [4.69, 9.17) is 4.74 Å². The van der Waals surface area contributed by atoms with Crippen molar-refractivity contribution < 1.29 is 4.74 Å². The summed E-state index contributed by atoms with van der Waals surface area (Å²) in [5, 5.41) is 3.41. The van der Waals surface area contributed by atoms with Gasteiger partial charge in [-0.15, -0.1) is 0 Å². The van der Waals surface area contributed by atoms with Crippen molar-refractivity contribution in [3.63, 3.8) is 0 Å². The Hall–Kier alpha value is -1.92. The van der Waals surface area contributed by atoms with Gasteiger partial charge in [-0.25, -0.2) is 9.97 Å². The van der Waals surface area contributed by atoms with Crippen molar-refractivity contribution in [2.45, 2.75) is 13.1 Å². The summed E-state index contributed by atoms with van der Waals surface area (Å²) in [5.74, 6) is 0.898. The number of benzene rings is 1. The molecule has 0 saturated carbocycles. The summed E-state index contributed by atoms with van der Waals surface area (Å²) in [5.41, 5.74) is 3.06. The number of para-hydroxylation sites is 1. The molecule has 0 aliphatic rings. The number of nitrogens with one attached hydrogen (secondary N) is 1. The normalized spacial score (nSPS) is 11.0. The van der Waals surface area contributed by atoms with Crippen LogP contribution in [0.15, 0.2) is 47.5 Å². The highest BCUT2D eigenvalue weighted by atomic mass is 79.9. The first-order chi connectivity index (χ1) is 10.3. The maximum Gasteiger partial charge on any atom is 0.155 e. The van der Waals surface area contributed by atoms with Crippen molar-refractivity contribution >= 4 is 21.6 Å². The van der Waals surface area contributed by atoms with Gasteiger partial charge in [-0.1, -0.05) is 18.2 Å². The molecule has 6 heteroatoms. The van der Waals surface area contributed by atoms with Gasteiger partial charge in [0.25, 0.3) is 0 Å². The van der Waals surface area contributed by atoms with E-state index in [1.807, 2.05) is 35.0 Å². The molecule has 21 heavy (non-hydrogen) atoms. The molecule has 0 bridgehead atoms. The number of halogens is 1. The molecule has 3 rings (SSSR count). The Kier molecular flexibility index (Phi) is 4.17. The molecule has 5 nitrogen and oxygen atoms in total. The van der Waals surface area contributed by atoms with Crippen LogP contribution in [0.4, 0.5) is 0 Å². The molecule has 0 saturated heterocycles. The van der Waals surface area contributed by atoms with Gasteiger partial charge in [0.2, 0.25) is 0 Å². The summed E-state index contributed by atoms with van der Waals surface area (Å²) in [6, 6.07) is 8.00. The van der Waals surface area contributed by atoms with Crippen LogP contribution in [0.25, 0.3) is 5.65 Å². The van der Waals surface area contributed by atoms with Crippen LogP contribution in [-0.2, 0) is 13.1 Å². The average Bonchev–Trinajstić information content (AvgIpc) is 2.90. The Morgan fingerprint density at radius 2 is 2.05 bits per heavy atom. The van der Waals surface area contributed by atoms with Crippen molar-refractivity contribution in [2.75, 3.05) is 7.11 Å². The Morgan fingerprint density at radius 3 is 2.90 bits per heavy atom. The van der Waals surface area contributed by atoms with Crippen molar-refractivity contribution in [3.05, 3.63) is 58.7 Å². The van der Waals surface area contributed by atoms with Gasteiger partial charge in [0.05, 0.1) is 25.2 Å². The minimum atomic E-state index is 0.718. The number of imidazole rings is 1. The fourth-order valence-electron chi connectivity index (χ4n) is 2.22. The molecule has 2 aromatic heterocycles. The highest BCUT2D eigenvalue weighted by Gasteiger charge is 2.05. The third kappa shape index (κ3) is 3.06. The predicted octanol–water partition coefficient (Wildman–Crippen LogP) is 2.79. The molecule has 1 aromatic carbocycles. The topological polar surface area (TPSA) is 51.5 Å². The first-order valence-corrected chi connectivity index (χ1v) is 7.37. The van der Waals surface area contributed by atoms with E-state index in [2.05, 4.69) is 37.3 Å². The maximum absolute atomic E-state index is 5.35. The number of nitrogens with zero attached hydrogens (tertiary/aromatic N) is 3. The van der Waals surface area contributed by atoms with Gasteiger partial charge in [0.15, 0.2) is 5.65 Å². The summed E-state index contributed by atoms with van der Waals surface area (Å²) in [7, 11) is 1.69. The second-order valence-electron chi connectivity index (χ2n) is 4.60. The summed E-state index contributed by atoms with van der Waals surface area (Å²) in [6.45, 7) is 1.46. The van der Waals surface area contributed by atoms with Crippen LogP contribution < -0.4 is 10.1 Å². The average molecular weight is 347 g/mol. The van der Waals surface area contributed by atoms with E-state index >= 15 is 0 Å². The molecule has 0 unspecified atom stereocenters. The lowest BCUT2D eigenvalue weighted by Crippen LogP contribution is -2.14. The first kappa shape index (κ1) is 14.0. The Labute approximate surface area is 131 Å². The Morgan fingerprint density at radius 1 is 1.19 bits per heavy atom.